The van der Waals surface area contributed by atoms with E-state index in [0.29, 0.717) is 10.7 Å². The Balaban J connectivity index is 2.17. The predicted molar refractivity (Wildman–Crippen MR) is 89.1 cm³/mol. The highest BCUT2D eigenvalue weighted by molar-refractivity contribution is 7.80. The van der Waals surface area contributed by atoms with Gasteiger partial charge < -0.3 is 10.6 Å². The van der Waals surface area contributed by atoms with E-state index in [1.54, 1.807) is 25.1 Å². The van der Waals surface area contributed by atoms with Crippen LogP contribution in [0.25, 0.3) is 0 Å². The number of benzene rings is 2. The largest absolute Gasteiger partial charge is 0.332 e. The molecule has 0 saturated carbocycles. The second-order valence-electron chi connectivity index (χ2n) is 4.41. The molecular formula is C14H11ClFN3O2S. The minimum absolute atomic E-state index is 0.0774. The monoisotopic (exact) mass is 339 g/mol. The smallest absolute Gasteiger partial charge is 0.271 e. The number of nitro benzene ring substituents is 1. The summed E-state index contributed by atoms with van der Waals surface area (Å²) in [7, 11) is 0. The average Bonchev–Trinajstić information content (AvgIpc) is 2.46. The topological polar surface area (TPSA) is 67.2 Å². The normalized spacial score (nSPS) is 10.1. The van der Waals surface area contributed by atoms with Crippen LogP contribution in [0.15, 0.2) is 36.4 Å². The molecule has 8 heteroatoms. The Hall–Kier alpha value is -2.25. The van der Waals surface area contributed by atoms with Crippen LogP contribution in [0.4, 0.5) is 21.5 Å². The lowest BCUT2D eigenvalue weighted by Crippen LogP contribution is -2.20. The van der Waals surface area contributed by atoms with Crippen LogP contribution >= 0.6 is 23.8 Å². The molecule has 0 spiro atoms. The standard InChI is InChI=1S/C14H11ClFN3O2S/c1-8-10(15)3-2-4-12(8)17-14(22)18-13-7-9(19(20)21)5-6-11(13)16/h2-7H,1H3,(H2,17,18,22). The summed E-state index contributed by atoms with van der Waals surface area (Å²) in [5.74, 6) is -0.641. The molecule has 0 radical (unpaired) electrons. The van der Waals surface area contributed by atoms with Gasteiger partial charge in [0, 0.05) is 22.8 Å². The zero-order chi connectivity index (χ0) is 16.3. The SMILES string of the molecule is Cc1c(Cl)cccc1NC(=S)Nc1cc([N+](=O)[O-])ccc1F. The van der Waals surface area contributed by atoms with Gasteiger partial charge in [-0.15, -0.1) is 0 Å². The maximum Gasteiger partial charge on any atom is 0.271 e. The molecule has 22 heavy (non-hydrogen) atoms. The van der Waals surface area contributed by atoms with Gasteiger partial charge in [0.25, 0.3) is 5.69 Å². The van der Waals surface area contributed by atoms with E-state index >= 15 is 0 Å². The van der Waals surface area contributed by atoms with E-state index in [1.165, 1.54) is 0 Å². The van der Waals surface area contributed by atoms with E-state index < -0.39 is 10.7 Å². The lowest BCUT2D eigenvalue weighted by atomic mass is 10.2. The van der Waals surface area contributed by atoms with Gasteiger partial charge in [-0.05, 0) is 42.9 Å². The van der Waals surface area contributed by atoms with Gasteiger partial charge in [0.05, 0.1) is 10.6 Å². The minimum atomic E-state index is -0.641. The van der Waals surface area contributed by atoms with Crippen LogP contribution in [0.2, 0.25) is 5.02 Å². The Morgan fingerprint density at radius 1 is 1.27 bits per heavy atom. The van der Waals surface area contributed by atoms with Crippen molar-refractivity contribution in [3.05, 3.63) is 62.9 Å². The molecule has 0 bridgehead atoms. The second-order valence-corrected chi connectivity index (χ2v) is 5.23. The van der Waals surface area contributed by atoms with E-state index in [9.17, 15) is 14.5 Å². The summed E-state index contributed by atoms with van der Waals surface area (Å²) < 4.78 is 13.7. The van der Waals surface area contributed by atoms with E-state index in [0.717, 1.165) is 23.8 Å². The summed E-state index contributed by atoms with van der Waals surface area (Å²) in [4.78, 5) is 10.1. The Labute approximate surface area is 136 Å². The summed E-state index contributed by atoms with van der Waals surface area (Å²) >= 11 is 11.1. The highest BCUT2D eigenvalue weighted by Crippen LogP contribution is 2.24. The first-order valence-corrected chi connectivity index (χ1v) is 6.94. The Morgan fingerprint density at radius 3 is 2.64 bits per heavy atom. The summed E-state index contributed by atoms with van der Waals surface area (Å²) in [5, 5.41) is 16.9. The lowest BCUT2D eigenvalue weighted by molar-refractivity contribution is -0.384. The van der Waals surface area contributed by atoms with Gasteiger partial charge in [0.15, 0.2) is 5.11 Å². The molecule has 0 heterocycles. The van der Waals surface area contributed by atoms with Crippen molar-refractivity contribution in [3.8, 4) is 0 Å². The fourth-order valence-corrected chi connectivity index (χ4v) is 2.14. The number of halogens is 2. The Morgan fingerprint density at radius 2 is 1.95 bits per heavy atom. The fraction of sp³-hybridized carbons (Fsp3) is 0.0714. The lowest BCUT2D eigenvalue weighted by Gasteiger charge is -2.13. The number of thiocarbonyl (C=S) groups is 1. The summed E-state index contributed by atoms with van der Waals surface area (Å²) in [6.45, 7) is 1.81. The van der Waals surface area contributed by atoms with E-state index in [1.807, 2.05) is 0 Å². The molecule has 0 aliphatic rings. The van der Waals surface area contributed by atoms with Crippen molar-refractivity contribution in [2.75, 3.05) is 10.6 Å². The molecule has 0 atom stereocenters. The first-order valence-electron chi connectivity index (χ1n) is 6.15. The number of anilines is 2. The number of nitrogens with one attached hydrogen (secondary N) is 2. The molecule has 0 saturated heterocycles. The molecule has 2 rings (SSSR count). The van der Waals surface area contributed by atoms with Crippen molar-refractivity contribution in [2.45, 2.75) is 6.92 Å². The molecule has 114 valence electrons. The molecule has 0 fully saturated rings. The maximum atomic E-state index is 13.7. The number of hydrogen-bond acceptors (Lipinski definition) is 3. The fourth-order valence-electron chi connectivity index (χ4n) is 1.74. The minimum Gasteiger partial charge on any atom is -0.332 e. The molecule has 2 aromatic rings. The van der Waals surface area contributed by atoms with Gasteiger partial charge in [0.2, 0.25) is 0 Å². The molecule has 0 aliphatic heterocycles. The van der Waals surface area contributed by atoms with Crippen LogP contribution < -0.4 is 10.6 Å². The molecule has 0 aromatic heterocycles. The molecule has 5 nitrogen and oxygen atoms in total. The Bertz CT molecular complexity index is 755. The number of nitro groups is 1. The third-order valence-electron chi connectivity index (χ3n) is 2.92. The van der Waals surface area contributed by atoms with Gasteiger partial charge in [-0.2, -0.15) is 0 Å². The van der Waals surface area contributed by atoms with Crippen molar-refractivity contribution in [1.82, 2.24) is 0 Å². The third-order valence-corrected chi connectivity index (χ3v) is 3.54. The van der Waals surface area contributed by atoms with Crippen LogP contribution in [0.5, 0.6) is 0 Å². The first-order chi connectivity index (χ1) is 10.4. The Kier molecular flexibility index (Phi) is 4.89. The third kappa shape index (κ3) is 3.69. The van der Waals surface area contributed by atoms with Gasteiger partial charge in [-0.25, -0.2) is 4.39 Å². The summed E-state index contributed by atoms with van der Waals surface area (Å²) in [5.41, 5.74) is 1.14. The quantitative estimate of drug-likeness (QED) is 0.489. The van der Waals surface area contributed by atoms with Crippen LogP contribution in [0.3, 0.4) is 0 Å². The summed E-state index contributed by atoms with van der Waals surface area (Å²) in [6, 6.07) is 8.41. The van der Waals surface area contributed by atoms with Crippen LogP contribution in [-0.2, 0) is 0 Å². The summed E-state index contributed by atoms with van der Waals surface area (Å²) in [6.07, 6.45) is 0. The highest BCUT2D eigenvalue weighted by Gasteiger charge is 2.12. The highest BCUT2D eigenvalue weighted by atomic mass is 35.5. The molecule has 2 aromatic carbocycles. The van der Waals surface area contributed by atoms with E-state index in [4.69, 9.17) is 23.8 Å². The molecular weight excluding hydrogens is 329 g/mol. The van der Waals surface area contributed by atoms with Gasteiger partial charge >= 0.3 is 0 Å². The van der Waals surface area contributed by atoms with E-state index in [-0.39, 0.29) is 16.5 Å². The number of hydrogen-bond donors (Lipinski definition) is 2. The van der Waals surface area contributed by atoms with Crippen LogP contribution in [0, 0.1) is 22.9 Å². The molecule has 0 aliphatic carbocycles. The zero-order valence-corrected chi connectivity index (χ0v) is 13.0. The van der Waals surface area contributed by atoms with Crippen molar-refractivity contribution < 1.29 is 9.31 Å². The number of non-ortho nitro benzene ring substituents is 1. The van der Waals surface area contributed by atoms with Crippen molar-refractivity contribution in [3.63, 3.8) is 0 Å². The van der Waals surface area contributed by atoms with Crippen LogP contribution in [0.1, 0.15) is 5.56 Å². The predicted octanol–water partition coefficient (Wildman–Crippen LogP) is 4.50. The van der Waals surface area contributed by atoms with Crippen LogP contribution in [-0.4, -0.2) is 10.0 Å². The molecule has 2 N–H and O–H groups in total. The van der Waals surface area contributed by atoms with Crippen molar-refractivity contribution in [1.29, 1.82) is 0 Å². The first kappa shape index (κ1) is 16.1. The second kappa shape index (κ2) is 6.67. The van der Waals surface area contributed by atoms with Gasteiger partial charge in [-0.3, -0.25) is 10.1 Å². The van der Waals surface area contributed by atoms with Gasteiger partial charge in [-0.1, -0.05) is 17.7 Å². The number of rotatable bonds is 3. The van der Waals surface area contributed by atoms with E-state index in [2.05, 4.69) is 10.6 Å². The molecule has 0 unspecified atom stereocenters. The number of nitrogens with zero attached hydrogens (tertiary/aromatic N) is 1. The zero-order valence-electron chi connectivity index (χ0n) is 11.4. The van der Waals surface area contributed by atoms with Crippen molar-refractivity contribution in [2.24, 2.45) is 0 Å². The molecule has 0 amide bonds. The maximum absolute atomic E-state index is 13.7. The average molecular weight is 340 g/mol. The van der Waals surface area contributed by atoms with Crippen molar-refractivity contribution >= 4 is 46.0 Å². The van der Waals surface area contributed by atoms with Gasteiger partial charge in [0.1, 0.15) is 5.82 Å².